The lowest BCUT2D eigenvalue weighted by Crippen LogP contribution is -2.43. The highest BCUT2D eigenvalue weighted by Gasteiger charge is 2.32. The Labute approximate surface area is 149 Å². The van der Waals surface area contributed by atoms with Crippen molar-refractivity contribution < 1.29 is 4.79 Å². The first-order valence-corrected chi connectivity index (χ1v) is 9.15. The molecule has 4 rings (SSSR count). The molecule has 0 radical (unpaired) electrons. The monoisotopic (exact) mass is 332 g/mol. The average Bonchev–Trinajstić information content (AvgIpc) is 3.48. The van der Waals surface area contributed by atoms with Crippen LogP contribution in [0.4, 0.5) is 0 Å². The standard InChI is InChI=1S/C22H24N2O/c25-22(23-20-11-12-20)21(19-9-5-2-6-10-19)24-15-13-18(14-16-24)17-7-3-1-4-8-17/h1-10,13,20-21H,11-12,14-16H2,(H,23,25)/t21-/m0/s1. The molecule has 0 saturated heterocycles. The first-order chi connectivity index (χ1) is 12.3. The van der Waals surface area contributed by atoms with E-state index in [1.54, 1.807) is 0 Å². The van der Waals surface area contributed by atoms with Gasteiger partial charge in [-0.2, -0.15) is 0 Å². The van der Waals surface area contributed by atoms with Gasteiger partial charge in [0.2, 0.25) is 5.91 Å². The third kappa shape index (κ3) is 3.83. The Morgan fingerprint density at radius 2 is 1.68 bits per heavy atom. The van der Waals surface area contributed by atoms with Gasteiger partial charge in [-0.1, -0.05) is 66.7 Å². The minimum absolute atomic E-state index is 0.144. The maximum absolute atomic E-state index is 12.9. The molecule has 2 aliphatic rings. The predicted octanol–water partition coefficient (Wildman–Crippen LogP) is 3.80. The molecule has 25 heavy (non-hydrogen) atoms. The molecule has 2 aromatic rings. The first kappa shape index (κ1) is 16.1. The van der Waals surface area contributed by atoms with Gasteiger partial charge in [-0.15, -0.1) is 0 Å². The molecule has 1 N–H and O–H groups in total. The fourth-order valence-electron chi connectivity index (χ4n) is 3.50. The van der Waals surface area contributed by atoms with Crippen LogP contribution in [0, 0.1) is 0 Å². The highest BCUT2D eigenvalue weighted by molar-refractivity contribution is 5.84. The second-order valence-electron chi connectivity index (χ2n) is 6.94. The van der Waals surface area contributed by atoms with Crippen LogP contribution < -0.4 is 5.32 Å². The van der Waals surface area contributed by atoms with Crippen molar-refractivity contribution in [3.8, 4) is 0 Å². The summed E-state index contributed by atoms with van der Waals surface area (Å²) in [5, 5.41) is 3.19. The van der Waals surface area contributed by atoms with Crippen molar-refractivity contribution in [2.75, 3.05) is 13.1 Å². The summed E-state index contributed by atoms with van der Waals surface area (Å²) in [6.07, 6.45) is 5.49. The number of carbonyl (C=O) groups excluding carboxylic acids is 1. The lowest BCUT2D eigenvalue weighted by molar-refractivity contribution is -0.126. The number of benzene rings is 2. The van der Waals surface area contributed by atoms with Crippen LogP contribution in [0.1, 0.15) is 36.4 Å². The van der Waals surface area contributed by atoms with E-state index < -0.39 is 0 Å². The Balaban J connectivity index is 1.54. The Kier molecular flexibility index (Phi) is 4.66. The molecule has 0 bridgehead atoms. The Morgan fingerprint density at radius 3 is 2.28 bits per heavy atom. The van der Waals surface area contributed by atoms with Gasteiger partial charge in [0.05, 0.1) is 0 Å². The minimum Gasteiger partial charge on any atom is -0.352 e. The van der Waals surface area contributed by atoms with Crippen LogP contribution >= 0.6 is 0 Å². The number of hydrogen-bond donors (Lipinski definition) is 1. The van der Waals surface area contributed by atoms with Gasteiger partial charge >= 0.3 is 0 Å². The van der Waals surface area contributed by atoms with Crippen LogP contribution in [0.3, 0.4) is 0 Å². The fourth-order valence-corrected chi connectivity index (χ4v) is 3.50. The number of nitrogens with one attached hydrogen (secondary N) is 1. The lowest BCUT2D eigenvalue weighted by atomic mass is 9.96. The van der Waals surface area contributed by atoms with Gasteiger partial charge in [0.25, 0.3) is 0 Å². The molecule has 1 saturated carbocycles. The average molecular weight is 332 g/mol. The zero-order chi connectivity index (χ0) is 17.1. The number of carbonyl (C=O) groups is 1. The number of rotatable bonds is 5. The molecule has 1 aliphatic carbocycles. The maximum Gasteiger partial charge on any atom is 0.242 e. The van der Waals surface area contributed by atoms with Crippen LogP contribution in [0.2, 0.25) is 0 Å². The highest BCUT2D eigenvalue weighted by atomic mass is 16.2. The van der Waals surface area contributed by atoms with Crippen molar-refractivity contribution >= 4 is 11.5 Å². The molecule has 128 valence electrons. The van der Waals surface area contributed by atoms with E-state index in [0.717, 1.165) is 37.9 Å². The molecular formula is C22H24N2O. The van der Waals surface area contributed by atoms with E-state index in [1.165, 1.54) is 11.1 Å². The molecule has 0 spiro atoms. The predicted molar refractivity (Wildman–Crippen MR) is 101 cm³/mol. The topological polar surface area (TPSA) is 32.3 Å². The Morgan fingerprint density at radius 1 is 1.00 bits per heavy atom. The normalized spacial score (nSPS) is 19.1. The fraction of sp³-hybridized carbons (Fsp3) is 0.318. The maximum atomic E-state index is 12.9. The number of amides is 1. The van der Waals surface area contributed by atoms with E-state index in [-0.39, 0.29) is 11.9 Å². The molecule has 1 heterocycles. The summed E-state index contributed by atoms with van der Waals surface area (Å²) >= 11 is 0. The molecule has 1 fully saturated rings. The number of nitrogens with zero attached hydrogens (tertiary/aromatic N) is 1. The third-order valence-electron chi connectivity index (χ3n) is 5.04. The summed E-state index contributed by atoms with van der Waals surface area (Å²) in [6, 6.07) is 20.9. The molecule has 0 unspecified atom stereocenters. The van der Waals surface area contributed by atoms with Crippen LogP contribution in [-0.2, 0) is 4.79 Å². The molecule has 1 aliphatic heterocycles. The zero-order valence-corrected chi connectivity index (χ0v) is 14.4. The van der Waals surface area contributed by atoms with Crippen molar-refractivity contribution in [3.05, 3.63) is 77.9 Å². The quantitative estimate of drug-likeness (QED) is 0.903. The van der Waals surface area contributed by atoms with Gasteiger partial charge in [0.1, 0.15) is 6.04 Å². The summed E-state index contributed by atoms with van der Waals surface area (Å²) in [5.41, 5.74) is 3.75. The van der Waals surface area contributed by atoms with Crippen LogP contribution in [0.5, 0.6) is 0 Å². The molecule has 3 nitrogen and oxygen atoms in total. The highest BCUT2D eigenvalue weighted by Crippen LogP contribution is 2.29. The summed E-state index contributed by atoms with van der Waals surface area (Å²) < 4.78 is 0. The van der Waals surface area contributed by atoms with Crippen LogP contribution in [-0.4, -0.2) is 29.9 Å². The second-order valence-corrected chi connectivity index (χ2v) is 6.94. The van der Waals surface area contributed by atoms with Crippen molar-refractivity contribution in [2.24, 2.45) is 0 Å². The van der Waals surface area contributed by atoms with Crippen molar-refractivity contribution in [1.82, 2.24) is 10.2 Å². The van der Waals surface area contributed by atoms with E-state index in [9.17, 15) is 4.79 Å². The van der Waals surface area contributed by atoms with Crippen molar-refractivity contribution in [3.63, 3.8) is 0 Å². The molecule has 1 amide bonds. The van der Waals surface area contributed by atoms with Crippen molar-refractivity contribution in [1.29, 1.82) is 0 Å². The van der Waals surface area contributed by atoms with E-state index in [1.807, 2.05) is 24.3 Å². The van der Waals surface area contributed by atoms with Gasteiger partial charge in [-0.05, 0) is 36.0 Å². The summed E-state index contributed by atoms with van der Waals surface area (Å²) in [6.45, 7) is 1.71. The van der Waals surface area contributed by atoms with Gasteiger partial charge in [-0.25, -0.2) is 0 Å². The van der Waals surface area contributed by atoms with Crippen molar-refractivity contribution in [2.45, 2.75) is 31.3 Å². The Hall–Kier alpha value is -2.39. The molecule has 2 aromatic carbocycles. The molecule has 1 atom stereocenters. The van der Waals surface area contributed by atoms with Gasteiger partial charge in [0.15, 0.2) is 0 Å². The first-order valence-electron chi connectivity index (χ1n) is 9.15. The molecule has 3 heteroatoms. The summed E-state index contributed by atoms with van der Waals surface area (Å²) in [7, 11) is 0. The van der Waals surface area contributed by atoms with Gasteiger partial charge in [-0.3, -0.25) is 9.69 Å². The summed E-state index contributed by atoms with van der Waals surface area (Å²) in [4.78, 5) is 15.2. The van der Waals surface area contributed by atoms with Crippen LogP contribution in [0.15, 0.2) is 66.7 Å². The smallest absolute Gasteiger partial charge is 0.242 e. The van der Waals surface area contributed by atoms with E-state index in [2.05, 4.69) is 52.7 Å². The SMILES string of the molecule is O=C(NC1CC1)[C@H](c1ccccc1)N1CC=C(c2ccccc2)CC1. The van der Waals surface area contributed by atoms with Gasteiger partial charge < -0.3 is 5.32 Å². The van der Waals surface area contributed by atoms with E-state index >= 15 is 0 Å². The lowest BCUT2D eigenvalue weighted by Gasteiger charge is -2.33. The summed E-state index contributed by atoms with van der Waals surface area (Å²) in [5.74, 6) is 0.144. The van der Waals surface area contributed by atoms with E-state index in [4.69, 9.17) is 0 Å². The van der Waals surface area contributed by atoms with Gasteiger partial charge in [0, 0.05) is 19.1 Å². The molecular weight excluding hydrogens is 308 g/mol. The largest absolute Gasteiger partial charge is 0.352 e. The zero-order valence-electron chi connectivity index (χ0n) is 14.4. The second kappa shape index (κ2) is 7.24. The third-order valence-corrected chi connectivity index (χ3v) is 5.04. The van der Waals surface area contributed by atoms with Crippen LogP contribution in [0.25, 0.3) is 5.57 Å². The number of hydrogen-bond acceptors (Lipinski definition) is 2. The van der Waals surface area contributed by atoms with E-state index in [0.29, 0.717) is 6.04 Å². The molecule has 0 aromatic heterocycles. The Bertz CT molecular complexity index is 750. The minimum atomic E-state index is -0.199.